The molecule has 2 nitrogen and oxygen atoms in total. The molecule has 0 bridgehead atoms. The summed E-state index contributed by atoms with van der Waals surface area (Å²) >= 11 is 6.19. The average molecular weight is 226 g/mol. The van der Waals surface area contributed by atoms with Crippen LogP contribution >= 0.6 is 11.6 Å². The van der Waals surface area contributed by atoms with Crippen LogP contribution in [0.1, 0.15) is 24.8 Å². The maximum atomic E-state index is 6.19. The molecule has 3 heteroatoms. The molecule has 15 heavy (non-hydrogen) atoms. The Labute approximate surface area is 95.6 Å². The van der Waals surface area contributed by atoms with E-state index in [1.165, 1.54) is 5.56 Å². The second-order valence-electron chi connectivity index (χ2n) is 4.08. The van der Waals surface area contributed by atoms with E-state index in [0.717, 1.165) is 23.8 Å². The van der Waals surface area contributed by atoms with Gasteiger partial charge in [-0.1, -0.05) is 17.7 Å². The molecular weight excluding hydrogens is 210 g/mol. The quantitative estimate of drug-likeness (QED) is 0.854. The van der Waals surface area contributed by atoms with Crippen molar-refractivity contribution in [3.05, 3.63) is 28.8 Å². The number of halogens is 1. The van der Waals surface area contributed by atoms with E-state index in [-0.39, 0.29) is 0 Å². The first-order valence-corrected chi connectivity index (χ1v) is 5.68. The van der Waals surface area contributed by atoms with E-state index in [2.05, 4.69) is 12.2 Å². The van der Waals surface area contributed by atoms with Crippen LogP contribution < -0.4 is 10.1 Å². The zero-order chi connectivity index (χ0) is 10.8. The summed E-state index contributed by atoms with van der Waals surface area (Å²) in [7, 11) is 1.98. The fraction of sp³-hybridized carbons (Fsp3) is 0.500. The fourth-order valence-electron chi connectivity index (χ4n) is 2.04. The van der Waals surface area contributed by atoms with Gasteiger partial charge >= 0.3 is 0 Å². The number of benzene rings is 1. The molecule has 0 spiro atoms. The molecule has 2 rings (SSSR count). The lowest BCUT2D eigenvalue weighted by atomic mass is 9.94. The molecular formula is C12H16ClNO. The molecule has 1 aromatic carbocycles. The first-order valence-electron chi connectivity index (χ1n) is 5.31. The molecule has 2 atom stereocenters. The Hall–Kier alpha value is -0.730. The van der Waals surface area contributed by atoms with Crippen LogP contribution in [0.25, 0.3) is 0 Å². The van der Waals surface area contributed by atoms with Crippen LogP contribution in [0.3, 0.4) is 0 Å². The summed E-state index contributed by atoms with van der Waals surface area (Å²) in [4.78, 5) is 0. The molecule has 1 N–H and O–H groups in total. The number of hydrogen-bond acceptors (Lipinski definition) is 2. The van der Waals surface area contributed by atoms with E-state index in [4.69, 9.17) is 16.3 Å². The van der Waals surface area contributed by atoms with Crippen LogP contribution in [0.2, 0.25) is 5.02 Å². The number of fused-ring (bicyclic) bond motifs is 1. The molecule has 2 unspecified atom stereocenters. The van der Waals surface area contributed by atoms with Gasteiger partial charge in [0.2, 0.25) is 0 Å². The predicted octanol–water partition coefficient (Wildman–Crippen LogP) is 2.81. The van der Waals surface area contributed by atoms with Crippen LogP contribution in [0, 0.1) is 0 Å². The molecule has 0 saturated carbocycles. The third kappa shape index (κ3) is 2.11. The highest BCUT2D eigenvalue weighted by molar-refractivity contribution is 6.31. The molecule has 1 heterocycles. The molecule has 0 radical (unpaired) electrons. The Kier molecular flexibility index (Phi) is 3.17. The van der Waals surface area contributed by atoms with E-state index in [1.807, 2.05) is 25.2 Å². The second kappa shape index (κ2) is 4.42. The van der Waals surface area contributed by atoms with Crippen LogP contribution in [-0.4, -0.2) is 19.7 Å². The van der Waals surface area contributed by atoms with Gasteiger partial charge in [-0.25, -0.2) is 0 Å². The van der Waals surface area contributed by atoms with Gasteiger partial charge in [0.15, 0.2) is 0 Å². The van der Waals surface area contributed by atoms with Gasteiger partial charge in [-0.2, -0.15) is 0 Å². The first-order chi connectivity index (χ1) is 7.22. The predicted molar refractivity (Wildman–Crippen MR) is 62.8 cm³/mol. The van der Waals surface area contributed by atoms with E-state index in [1.54, 1.807) is 0 Å². The molecule has 0 saturated heterocycles. The van der Waals surface area contributed by atoms with Gasteiger partial charge in [0.1, 0.15) is 5.75 Å². The van der Waals surface area contributed by atoms with Crippen LogP contribution in [0.15, 0.2) is 18.2 Å². The Morgan fingerprint density at radius 3 is 3.13 bits per heavy atom. The Morgan fingerprint density at radius 1 is 1.60 bits per heavy atom. The van der Waals surface area contributed by atoms with E-state index < -0.39 is 0 Å². The lowest BCUT2D eigenvalue weighted by Gasteiger charge is -2.15. The van der Waals surface area contributed by atoms with Crippen molar-refractivity contribution in [2.45, 2.75) is 25.3 Å². The van der Waals surface area contributed by atoms with Crippen molar-refractivity contribution in [3.8, 4) is 5.75 Å². The molecule has 1 aromatic rings. The van der Waals surface area contributed by atoms with Gasteiger partial charge in [0, 0.05) is 22.5 Å². The van der Waals surface area contributed by atoms with E-state index >= 15 is 0 Å². The third-order valence-corrected chi connectivity index (χ3v) is 3.32. The van der Waals surface area contributed by atoms with Crippen molar-refractivity contribution in [3.63, 3.8) is 0 Å². The summed E-state index contributed by atoms with van der Waals surface area (Å²) in [5.41, 5.74) is 1.18. The standard InChI is InChI=1S/C12H16ClNO/c1-8(14-2)6-9-7-15-11-5-3-4-10(13)12(9)11/h3-5,8-9,14H,6-7H2,1-2H3. The normalized spacial score (nSPS) is 20.9. The highest BCUT2D eigenvalue weighted by Gasteiger charge is 2.27. The summed E-state index contributed by atoms with van der Waals surface area (Å²) in [6.07, 6.45) is 1.06. The van der Waals surface area contributed by atoms with Crippen LogP contribution in [-0.2, 0) is 0 Å². The molecule has 1 aliphatic heterocycles. The zero-order valence-corrected chi connectivity index (χ0v) is 9.84. The minimum absolute atomic E-state index is 0.427. The second-order valence-corrected chi connectivity index (χ2v) is 4.49. The molecule has 1 aliphatic rings. The molecule has 0 amide bonds. The summed E-state index contributed by atoms with van der Waals surface area (Å²) in [5, 5.41) is 4.08. The van der Waals surface area contributed by atoms with Gasteiger partial charge in [-0.05, 0) is 32.5 Å². The minimum Gasteiger partial charge on any atom is -0.493 e. The Balaban J connectivity index is 2.20. The van der Waals surface area contributed by atoms with Crippen LogP contribution in [0.5, 0.6) is 5.75 Å². The van der Waals surface area contributed by atoms with Gasteiger partial charge in [-0.3, -0.25) is 0 Å². The van der Waals surface area contributed by atoms with Crippen molar-refractivity contribution in [2.75, 3.05) is 13.7 Å². The zero-order valence-electron chi connectivity index (χ0n) is 9.09. The number of ether oxygens (including phenoxy) is 1. The Morgan fingerprint density at radius 2 is 2.40 bits per heavy atom. The lowest BCUT2D eigenvalue weighted by molar-refractivity contribution is 0.316. The topological polar surface area (TPSA) is 21.3 Å². The van der Waals surface area contributed by atoms with E-state index in [0.29, 0.717) is 12.0 Å². The van der Waals surface area contributed by atoms with Crippen molar-refractivity contribution >= 4 is 11.6 Å². The van der Waals surface area contributed by atoms with Gasteiger partial charge in [0.25, 0.3) is 0 Å². The molecule has 82 valence electrons. The SMILES string of the molecule is CNC(C)CC1COc2cccc(Cl)c21. The molecule has 0 aromatic heterocycles. The number of nitrogens with one attached hydrogen (secondary N) is 1. The number of rotatable bonds is 3. The number of hydrogen-bond donors (Lipinski definition) is 1. The fourth-order valence-corrected chi connectivity index (χ4v) is 2.36. The van der Waals surface area contributed by atoms with Crippen molar-refractivity contribution < 1.29 is 4.74 Å². The maximum Gasteiger partial charge on any atom is 0.124 e. The maximum absolute atomic E-state index is 6.19. The minimum atomic E-state index is 0.427. The summed E-state index contributed by atoms with van der Waals surface area (Å²) in [6.45, 7) is 2.93. The molecule has 0 aliphatic carbocycles. The van der Waals surface area contributed by atoms with Crippen molar-refractivity contribution in [1.82, 2.24) is 5.32 Å². The molecule has 0 fully saturated rings. The summed E-state index contributed by atoms with van der Waals surface area (Å²) in [6, 6.07) is 6.35. The summed E-state index contributed by atoms with van der Waals surface area (Å²) < 4.78 is 5.63. The highest BCUT2D eigenvalue weighted by Crippen LogP contribution is 2.40. The largest absolute Gasteiger partial charge is 0.493 e. The average Bonchev–Trinajstić information content (AvgIpc) is 2.63. The van der Waals surface area contributed by atoms with Gasteiger partial charge in [0.05, 0.1) is 6.61 Å². The van der Waals surface area contributed by atoms with Gasteiger partial charge < -0.3 is 10.1 Å². The van der Waals surface area contributed by atoms with Crippen molar-refractivity contribution in [1.29, 1.82) is 0 Å². The lowest BCUT2D eigenvalue weighted by Crippen LogP contribution is -2.24. The smallest absolute Gasteiger partial charge is 0.124 e. The van der Waals surface area contributed by atoms with E-state index in [9.17, 15) is 0 Å². The summed E-state index contributed by atoms with van der Waals surface area (Å²) in [5.74, 6) is 1.38. The monoisotopic (exact) mass is 225 g/mol. The third-order valence-electron chi connectivity index (χ3n) is 2.99. The van der Waals surface area contributed by atoms with Gasteiger partial charge in [-0.15, -0.1) is 0 Å². The van der Waals surface area contributed by atoms with Crippen molar-refractivity contribution in [2.24, 2.45) is 0 Å². The first kappa shape index (κ1) is 10.8. The Bertz CT molecular complexity index is 353. The highest BCUT2D eigenvalue weighted by atomic mass is 35.5. The van der Waals surface area contributed by atoms with Crippen LogP contribution in [0.4, 0.5) is 0 Å².